The van der Waals surface area contributed by atoms with Crippen LogP contribution in [0.15, 0.2) is 0 Å². The van der Waals surface area contributed by atoms with Crippen LogP contribution in [-0.2, 0) is 4.79 Å². The third kappa shape index (κ3) is 1970. The summed E-state index contributed by atoms with van der Waals surface area (Å²) in [5.74, 6) is 0. The van der Waals surface area contributed by atoms with Gasteiger partial charge in [0, 0.05) is 0 Å². The van der Waals surface area contributed by atoms with Crippen LogP contribution in [-0.4, -0.2) is 20.7 Å². The molecule has 0 amide bonds. The fraction of sp³-hybridized carbons (Fsp3) is 0.500. The maximum Gasteiger partial charge on any atom is 0.294 e. The van der Waals surface area contributed by atoms with E-state index in [0.29, 0.717) is 0 Å². The van der Waals surface area contributed by atoms with Crippen molar-refractivity contribution in [2.24, 2.45) is 0 Å². The molecule has 0 unspecified atom stereocenters. The van der Waals surface area contributed by atoms with Crippen LogP contribution in [0.25, 0.3) is 0 Å². The molecule has 0 aromatic rings. The Labute approximate surface area is 60.8 Å². The highest BCUT2D eigenvalue weighted by Gasteiger charge is 2.10. The molecule has 0 atom stereocenters. The second-order valence-electron chi connectivity index (χ2n) is 0.573. The van der Waals surface area contributed by atoms with Crippen molar-refractivity contribution in [3.8, 4) is 0 Å². The van der Waals surface area contributed by atoms with Crippen molar-refractivity contribution >= 4 is 41.3 Å². The molecule has 0 aliphatic heterocycles. The fourth-order valence-electron chi connectivity index (χ4n) is 0. The quantitative estimate of drug-likeness (QED) is 0.433. The van der Waals surface area contributed by atoms with E-state index in [-0.39, 0.29) is 6.47 Å². The molecular weight excluding hydrogens is 178 g/mol. The number of rotatable bonds is 0. The number of hydrogen-bond donors (Lipinski definition) is 2. The van der Waals surface area contributed by atoms with Crippen molar-refractivity contribution in [3.05, 3.63) is 0 Å². The van der Waals surface area contributed by atoms with Gasteiger partial charge < -0.3 is 10.2 Å². The van der Waals surface area contributed by atoms with Gasteiger partial charge in [-0.2, -0.15) is 0 Å². The summed E-state index contributed by atoms with van der Waals surface area (Å²) in [7, 11) is 0. The van der Waals surface area contributed by atoms with E-state index >= 15 is 0 Å². The zero-order valence-electron chi connectivity index (χ0n) is 3.51. The van der Waals surface area contributed by atoms with E-state index in [1.54, 1.807) is 0 Å². The standard InChI is InChI=1S/CHCl3O.CH2O2/c2-1(3,4)5;2-1-3/h5H;1H,(H,2,3). The highest BCUT2D eigenvalue weighted by molar-refractivity contribution is 6.65. The number of alkyl halides is 3. The second-order valence-corrected chi connectivity index (χ2v) is 2.79. The molecule has 8 heavy (non-hydrogen) atoms. The van der Waals surface area contributed by atoms with Crippen molar-refractivity contribution < 1.29 is 15.0 Å². The zero-order valence-corrected chi connectivity index (χ0v) is 5.78. The van der Waals surface area contributed by atoms with E-state index in [4.69, 9.17) is 15.0 Å². The van der Waals surface area contributed by atoms with E-state index < -0.39 is 3.98 Å². The molecule has 2 N–H and O–H groups in total. The average Bonchev–Trinajstić information content (AvgIpc) is 1.27. The number of carbonyl (C=O) groups is 1. The van der Waals surface area contributed by atoms with Crippen LogP contribution in [0.2, 0.25) is 0 Å². The van der Waals surface area contributed by atoms with Gasteiger partial charge in [-0.1, -0.05) is 34.8 Å². The first-order chi connectivity index (χ1) is 3.41. The van der Waals surface area contributed by atoms with Crippen LogP contribution in [0.5, 0.6) is 0 Å². The molecule has 50 valence electrons. The largest absolute Gasteiger partial charge is 0.483 e. The zero-order chi connectivity index (χ0) is 7.21. The topological polar surface area (TPSA) is 57.5 Å². The molecule has 0 heterocycles. The molecule has 0 aromatic heterocycles. The van der Waals surface area contributed by atoms with Gasteiger partial charge in [0.2, 0.25) is 0 Å². The molecule has 0 rings (SSSR count). The molecule has 0 spiro atoms. The minimum Gasteiger partial charge on any atom is -0.483 e. The highest BCUT2D eigenvalue weighted by Crippen LogP contribution is 2.19. The Bertz CT molecular complexity index is 52.0. The van der Waals surface area contributed by atoms with Crippen LogP contribution in [0.1, 0.15) is 0 Å². The summed E-state index contributed by atoms with van der Waals surface area (Å²) in [6.07, 6.45) is 0. The lowest BCUT2D eigenvalue weighted by Crippen LogP contribution is -1.95. The van der Waals surface area contributed by atoms with Crippen molar-refractivity contribution in [2.45, 2.75) is 3.98 Å². The number of carboxylic acid groups (broad SMARTS) is 1. The molecule has 0 saturated carbocycles. The molecule has 0 radical (unpaired) electrons. The van der Waals surface area contributed by atoms with Gasteiger partial charge in [-0.25, -0.2) is 0 Å². The third-order valence-corrected chi connectivity index (χ3v) is 0. The monoisotopic (exact) mass is 180 g/mol. The Balaban J connectivity index is 0. The van der Waals surface area contributed by atoms with Gasteiger partial charge in [0.1, 0.15) is 0 Å². The molecule has 0 bridgehead atoms. The lowest BCUT2D eigenvalue weighted by atomic mass is 11.7. The van der Waals surface area contributed by atoms with Gasteiger partial charge in [-0.05, 0) is 0 Å². The van der Waals surface area contributed by atoms with Crippen molar-refractivity contribution in [2.75, 3.05) is 0 Å². The maximum absolute atomic E-state index is 8.36. The molecule has 0 fully saturated rings. The minimum atomic E-state index is -2.08. The van der Waals surface area contributed by atoms with Crippen LogP contribution in [0.4, 0.5) is 0 Å². The highest BCUT2D eigenvalue weighted by atomic mass is 35.6. The molecule has 6 heteroatoms. The van der Waals surface area contributed by atoms with Gasteiger partial charge in [0.25, 0.3) is 10.5 Å². The van der Waals surface area contributed by atoms with Gasteiger partial charge in [-0.15, -0.1) is 0 Å². The van der Waals surface area contributed by atoms with E-state index in [0.717, 1.165) is 0 Å². The Hall–Kier alpha value is 0.300. The predicted molar refractivity (Wildman–Crippen MR) is 31.2 cm³/mol. The summed E-state index contributed by atoms with van der Waals surface area (Å²) in [5, 5.41) is 14.7. The van der Waals surface area contributed by atoms with E-state index in [9.17, 15) is 0 Å². The van der Waals surface area contributed by atoms with Gasteiger partial charge in [0.05, 0.1) is 0 Å². The SMILES string of the molecule is O=CO.OC(Cl)(Cl)Cl. The Morgan fingerprint density at radius 2 is 1.38 bits per heavy atom. The Morgan fingerprint density at radius 3 is 1.38 bits per heavy atom. The summed E-state index contributed by atoms with van der Waals surface area (Å²) >= 11 is 13.8. The smallest absolute Gasteiger partial charge is 0.294 e. The third-order valence-electron chi connectivity index (χ3n) is 0. The van der Waals surface area contributed by atoms with E-state index in [1.165, 1.54) is 0 Å². The van der Waals surface area contributed by atoms with Crippen molar-refractivity contribution in [1.82, 2.24) is 0 Å². The van der Waals surface area contributed by atoms with Crippen molar-refractivity contribution in [3.63, 3.8) is 0 Å². The first kappa shape index (κ1) is 11.1. The van der Waals surface area contributed by atoms with Gasteiger partial charge >= 0.3 is 0 Å². The molecule has 0 aromatic carbocycles. The summed E-state index contributed by atoms with van der Waals surface area (Å²) in [6.45, 7) is -0.250. The summed E-state index contributed by atoms with van der Waals surface area (Å²) in [5.41, 5.74) is 0. The Morgan fingerprint density at radius 1 is 1.38 bits per heavy atom. The number of hydrogen-bond acceptors (Lipinski definition) is 2. The van der Waals surface area contributed by atoms with Gasteiger partial charge in [-0.3, -0.25) is 4.79 Å². The first-order valence-corrected chi connectivity index (χ1v) is 2.42. The van der Waals surface area contributed by atoms with Crippen LogP contribution in [0.3, 0.4) is 0 Å². The van der Waals surface area contributed by atoms with Gasteiger partial charge in [0.15, 0.2) is 0 Å². The molecule has 3 nitrogen and oxygen atoms in total. The van der Waals surface area contributed by atoms with Crippen LogP contribution in [0, 0.1) is 0 Å². The molecule has 0 aliphatic carbocycles. The van der Waals surface area contributed by atoms with Crippen molar-refractivity contribution in [1.29, 1.82) is 0 Å². The fourth-order valence-corrected chi connectivity index (χ4v) is 0. The average molecular weight is 181 g/mol. The van der Waals surface area contributed by atoms with Crippen LogP contribution < -0.4 is 0 Å². The summed E-state index contributed by atoms with van der Waals surface area (Å²) in [4.78, 5) is 8.36. The Kier molecular flexibility index (Phi) is 7.57. The second kappa shape index (κ2) is 5.44. The summed E-state index contributed by atoms with van der Waals surface area (Å²) in [6, 6.07) is 0. The van der Waals surface area contributed by atoms with E-state index in [1.807, 2.05) is 0 Å². The molecule has 0 saturated heterocycles. The molecule has 0 aliphatic rings. The minimum absolute atomic E-state index is 0.250. The predicted octanol–water partition coefficient (Wildman–Crippen LogP) is 1.01. The number of aliphatic hydroxyl groups is 1. The lowest BCUT2D eigenvalue weighted by molar-refractivity contribution is -0.122. The first-order valence-electron chi connectivity index (χ1n) is 1.28. The van der Waals surface area contributed by atoms with E-state index in [2.05, 4.69) is 34.8 Å². The normalized spacial score (nSPS) is 9.00. The molecular formula is C2H3Cl3O3. The van der Waals surface area contributed by atoms with Crippen LogP contribution >= 0.6 is 34.8 Å². The lowest BCUT2D eigenvalue weighted by Gasteiger charge is -1.93. The maximum atomic E-state index is 8.36. The number of halogens is 3. The summed E-state index contributed by atoms with van der Waals surface area (Å²) < 4.78 is -2.08.